The summed E-state index contributed by atoms with van der Waals surface area (Å²) in [5.74, 6) is 0.376. The lowest BCUT2D eigenvalue weighted by atomic mass is 10.3. The lowest BCUT2D eigenvalue weighted by molar-refractivity contribution is 0.919. The highest BCUT2D eigenvalue weighted by molar-refractivity contribution is 6.30. The minimum absolute atomic E-state index is 0.376. The molecule has 0 aliphatic rings. The number of hydrogen-bond donors (Lipinski definition) is 2. The zero-order chi connectivity index (χ0) is 10.7. The van der Waals surface area contributed by atoms with Crippen LogP contribution >= 0.6 is 11.6 Å². The lowest BCUT2D eigenvalue weighted by Crippen LogP contribution is -2.13. The molecule has 15 heavy (non-hydrogen) atoms. The van der Waals surface area contributed by atoms with Gasteiger partial charge in [0.05, 0.1) is 6.20 Å². The maximum absolute atomic E-state index is 10.9. The van der Waals surface area contributed by atoms with Crippen LogP contribution in [0.25, 0.3) is 0 Å². The topological polar surface area (TPSA) is 70.7 Å². The number of H-pyrrole nitrogens is 1. The fraction of sp³-hybridized carbons (Fsp3) is 0. The Hall–Kier alpha value is -1.88. The molecule has 1 heterocycles. The van der Waals surface area contributed by atoms with Crippen molar-refractivity contribution < 1.29 is 0 Å². The fourth-order valence-corrected chi connectivity index (χ4v) is 1.28. The molecule has 2 N–H and O–H groups in total. The summed E-state index contributed by atoms with van der Waals surface area (Å²) < 4.78 is 0. The third-order valence-corrected chi connectivity index (χ3v) is 1.90. The molecule has 0 saturated carbocycles. The second-order valence-corrected chi connectivity index (χ2v) is 3.24. The molecule has 0 saturated heterocycles. The van der Waals surface area contributed by atoms with Gasteiger partial charge in [-0.15, -0.1) is 0 Å². The molecule has 0 amide bonds. The Kier molecular flexibility index (Phi) is 2.64. The number of benzene rings is 1. The zero-order valence-electron chi connectivity index (χ0n) is 7.57. The van der Waals surface area contributed by atoms with Crippen LogP contribution < -0.4 is 11.0 Å². The molecule has 1 aromatic heterocycles. The number of rotatable bonds is 2. The fourth-order valence-electron chi connectivity index (χ4n) is 1.09. The van der Waals surface area contributed by atoms with Gasteiger partial charge in [0.1, 0.15) is 0 Å². The van der Waals surface area contributed by atoms with E-state index in [4.69, 9.17) is 11.6 Å². The third kappa shape index (κ3) is 2.54. The highest BCUT2D eigenvalue weighted by atomic mass is 35.5. The Labute approximate surface area is 90.1 Å². The quantitative estimate of drug-likeness (QED) is 0.809. The van der Waals surface area contributed by atoms with Crippen LogP contribution in [0.3, 0.4) is 0 Å². The van der Waals surface area contributed by atoms with Gasteiger partial charge in [0.15, 0.2) is 5.82 Å². The first-order chi connectivity index (χ1) is 7.24. The minimum atomic E-state index is -0.498. The van der Waals surface area contributed by atoms with Gasteiger partial charge in [-0.05, 0) is 18.2 Å². The van der Waals surface area contributed by atoms with Crippen LogP contribution in [-0.2, 0) is 0 Å². The maximum atomic E-state index is 10.9. The van der Waals surface area contributed by atoms with E-state index in [9.17, 15) is 4.79 Å². The second kappa shape index (κ2) is 4.10. The molecule has 0 spiro atoms. The number of nitrogens with zero attached hydrogens (tertiary/aromatic N) is 2. The summed E-state index contributed by atoms with van der Waals surface area (Å²) in [5, 5.41) is 9.31. The molecule has 6 heteroatoms. The van der Waals surface area contributed by atoms with Gasteiger partial charge in [-0.25, -0.2) is 9.89 Å². The molecule has 0 fully saturated rings. The van der Waals surface area contributed by atoms with Crippen LogP contribution in [-0.4, -0.2) is 15.2 Å². The first-order valence-corrected chi connectivity index (χ1v) is 4.56. The van der Waals surface area contributed by atoms with Crippen molar-refractivity contribution in [2.24, 2.45) is 0 Å². The van der Waals surface area contributed by atoms with Gasteiger partial charge in [-0.3, -0.25) is 0 Å². The largest absolute Gasteiger partial charge is 0.363 e. The predicted octanol–water partition coefficient (Wildman–Crippen LogP) is 1.56. The highest BCUT2D eigenvalue weighted by Gasteiger charge is 1.97. The highest BCUT2D eigenvalue weighted by Crippen LogP contribution is 2.17. The van der Waals surface area contributed by atoms with E-state index in [0.29, 0.717) is 10.8 Å². The zero-order valence-corrected chi connectivity index (χ0v) is 8.32. The monoisotopic (exact) mass is 222 g/mol. The van der Waals surface area contributed by atoms with Crippen molar-refractivity contribution in [2.75, 3.05) is 5.32 Å². The minimum Gasteiger partial charge on any atom is -0.339 e. The van der Waals surface area contributed by atoms with E-state index in [1.54, 1.807) is 18.2 Å². The summed E-state index contributed by atoms with van der Waals surface area (Å²) in [7, 11) is 0. The van der Waals surface area contributed by atoms with Gasteiger partial charge in [0.2, 0.25) is 0 Å². The molecule has 0 radical (unpaired) electrons. The molecule has 0 atom stereocenters. The molecular formula is C9H7ClN4O. The average Bonchev–Trinajstić information content (AvgIpc) is 2.17. The van der Waals surface area contributed by atoms with Crippen LogP contribution in [0.2, 0.25) is 5.02 Å². The molecule has 76 valence electrons. The van der Waals surface area contributed by atoms with E-state index in [2.05, 4.69) is 20.5 Å². The van der Waals surface area contributed by atoms with E-state index < -0.39 is 5.69 Å². The number of nitrogens with one attached hydrogen (secondary N) is 2. The van der Waals surface area contributed by atoms with E-state index in [0.717, 1.165) is 5.69 Å². The van der Waals surface area contributed by atoms with E-state index >= 15 is 0 Å². The summed E-state index contributed by atoms with van der Waals surface area (Å²) in [4.78, 5) is 14.5. The normalized spacial score (nSPS) is 9.93. The van der Waals surface area contributed by atoms with Crippen molar-refractivity contribution in [3.63, 3.8) is 0 Å². The van der Waals surface area contributed by atoms with Crippen molar-refractivity contribution in [3.05, 3.63) is 46.0 Å². The SMILES string of the molecule is O=c1nc(Nc2cccc(Cl)c2)cn[nH]1. The molecule has 1 aromatic carbocycles. The van der Waals surface area contributed by atoms with Gasteiger partial charge >= 0.3 is 5.69 Å². The van der Waals surface area contributed by atoms with E-state index in [-0.39, 0.29) is 0 Å². The van der Waals surface area contributed by atoms with Crippen LogP contribution in [0.15, 0.2) is 35.3 Å². The summed E-state index contributed by atoms with van der Waals surface area (Å²) in [5.41, 5.74) is 0.254. The Morgan fingerprint density at radius 1 is 1.40 bits per heavy atom. The van der Waals surface area contributed by atoms with Crippen molar-refractivity contribution in [2.45, 2.75) is 0 Å². The molecule has 0 unspecified atom stereocenters. The molecule has 5 nitrogen and oxygen atoms in total. The summed E-state index contributed by atoms with van der Waals surface area (Å²) in [6, 6.07) is 7.10. The van der Waals surface area contributed by atoms with Crippen molar-refractivity contribution in [1.82, 2.24) is 15.2 Å². The second-order valence-electron chi connectivity index (χ2n) is 2.81. The summed E-state index contributed by atoms with van der Waals surface area (Å²) in [6.45, 7) is 0. The van der Waals surface area contributed by atoms with Gasteiger partial charge < -0.3 is 5.32 Å². The van der Waals surface area contributed by atoms with Crippen molar-refractivity contribution in [3.8, 4) is 0 Å². The lowest BCUT2D eigenvalue weighted by Gasteiger charge is -2.03. The number of aromatic amines is 1. The molecular weight excluding hydrogens is 216 g/mol. The standard InChI is InChI=1S/C9H7ClN4O/c10-6-2-1-3-7(4-6)12-8-5-11-14-9(15)13-8/h1-5H,(H2,12,13,14,15). The number of hydrogen-bond acceptors (Lipinski definition) is 4. The Balaban J connectivity index is 2.26. The Morgan fingerprint density at radius 3 is 3.00 bits per heavy atom. The van der Waals surface area contributed by atoms with Crippen LogP contribution in [0.5, 0.6) is 0 Å². The summed E-state index contributed by atoms with van der Waals surface area (Å²) in [6.07, 6.45) is 1.42. The Morgan fingerprint density at radius 2 is 2.27 bits per heavy atom. The van der Waals surface area contributed by atoms with Gasteiger partial charge in [-0.2, -0.15) is 10.1 Å². The van der Waals surface area contributed by atoms with Crippen LogP contribution in [0, 0.1) is 0 Å². The van der Waals surface area contributed by atoms with Crippen molar-refractivity contribution >= 4 is 23.1 Å². The number of anilines is 2. The van der Waals surface area contributed by atoms with Crippen molar-refractivity contribution in [1.29, 1.82) is 0 Å². The number of aromatic nitrogens is 3. The molecule has 2 aromatic rings. The first kappa shape index (κ1) is 9.67. The van der Waals surface area contributed by atoms with E-state index in [1.807, 2.05) is 6.07 Å². The maximum Gasteiger partial charge on any atom is 0.363 e. The van der Waals surface area contributed by atoms with Gasteiger partial charge in [0, 0.05) is 10.7 Å². The number of halogens is 1. The first-order valence-electron chi connectivity index (χ1n) is 4.18. The molecule has 0 aliphatic heterocycles. The molecule has 2 rings (SSSR count). The third-order valence-electron chi connectivity index (χ3n) is 1.67. The van der Waals surface area contributed by atoms with Gasteiger partial charge in [0.25, 0.3) is 0 Å². The smallest absolute Gasteiger partial charge is 0.339 e. The Bertz CT molecular complexity index is 525. The molecule has 0 bridgehead atoms. The predicted molar refractivity (Wildman–Crippen MR) is 57.4 cm³/mol. The summed E-state index contributed by atoms with van der Waals surface area (Å²) >= 11 is 5.80. The van der Waals surface area contributed by atoms with Crippen LogP contribution in [0.1, 0.15) is 0 Å². The average molecular weight is 223 g/mol. The van der Waals surface area contributed by atoms with E-state index in [1.165, 1.54) is 6.20 Å². The molecule has 0 aliphatic carbocycles. The van der Waals surface area contributed by atoms with Gasteiger partial charge in [-0.1, -0.05) is 17.7 Å². The van der Waals surface area contributed by atoms with Crippen LogP contribution in [0.4, 0.5) is 11.5 Å².